The van der Waals surface area contributed by atoms with E-state index >= 15 is 0 Å². The first kappa shape index (κ1) is 18.2. The van der Waals surface area contributed by atoms with E-state index in [0.29, 0.717) is 37.9 Å². The number of para-hydroxylation sites is 1. The van der Waals surface area contributed by atoms with Crippen LogP contribution in [0.15, 0.2) is 36.4 Å². The normalized spacial score (nSPS) is 10.6. The Morgan fingerprint density at radius 1 is 0.917 bits per heavy atom. The van der Waals surface area contributed by atoms with Crippen LogP contribution in [0.25, 0.3) is 11.3 Å². The maximum atomic E-state index is 9.57. The van der Waals surface area contributed by atoms with Gasteiger partial charge in [0, 0.05) is 12.7 Å². The van der Waals surface area contributed by atoms with Gasteiger partial charge >= 0.3 is 0 Å². The van der Waals surface area contributed by atoms with E-state index in [0.717, 1.165) is 17.0 Å². The standard InChI is InChI=1S/C18H23NO5/c1-21-9-10-23-11-12-24-18-8-7-15(19-16(18)13-20)14-5-3-4-6-17(14)22-2/h3-8,20H,9-13H2,1-2H3. The Morgan fingerprint density at radius 2 is 1.71 bits per heavy atom. The van der Waals surface area contributed by atoms with Crippen molar-refractivity contribution in [2.24, 2.45) is 0 Å². The highest BCUT2D eigenvalue weighted by atomic mass is 16.5. The van der Waals surface area contributed by atoms with Gasteiger partial charge in [0.2, 0.25) is 0 Å². The molecule has 1 N–H and O–H groups in total. The van der Waals surface area contributed by atoms with Crippen molar-refractivity contribution in [1.29, 1.82) is 0 Å². The molecule has 0 radical (unpaired) electrons. The van der Waals surface area contributed by atoms with Crippen molar-refractivity contribution < 1.29 is 24.1 Å². The molecule has 0 spiro atoms. The van der Waals surface area contributed by atoms with Crippen LogP contribution in [-0.2, 0) is 16.1 Å². The van der Waals surface area contributed by atoms with Crippen molar-refractivity contribution >= 4 is 0 Å². The Kier molecular flexibility index (Phi) is 7.48. The SMILES string of the molecule is COCCOCCOc1ccc(-c2ccccc2OC)nc1CO. The van der Waals surface area contributed by atoms with Crippen molar-refractivity contribution in [2.45, 2.75) is 6.61 Å². The number of nitrogens with zero attached hydrogens (tertiary/aromatic N) is 1. The molecule has 0 fully saturated rings. The number of rotatable bonds is 10. The van der Waals surface area contributed by atoms with Crippen molar-refractivity contribution in [1.82, 2.24) is 4.98 Å². The highest BCUT2D eigenvalue weighted by Crippen LogP contribution is 2.30. The van der Waals surface area contributed by atoms with Gasteiger partial charge in [0.15, 0.2) is 0 Å². The predicted octanol–water partition coefficient (Wildman–Crippen LogP) is 2.29. The largest absolute Gasteiger partial charge is 0.496 e. The van der Waals surface area contributed by atoms with E-state index in [4.69, 9.17) is 18.9 Å². The molecule has 0 unspecified atom stereocenters. The minimum absolute atomic E-state index is 0.206. The van der Waals surface area contributed by atoms with E-state index in [1.54, 1.807) is 20.3 Å². The molecule has 0 saturated carbocycles. The van der Waals surface area contributed by atoms with E-state index < -0.39 is 0 Å². The number of hydrogen-bond donors (Lipinski definition) is 1. The summed E-state index contributed by atoms with van der Waals surface area (Å²) < 4.78 is 21.2. The summed E-state index contributed by atoms with van der Waals surface area (Å²) in [7, 11) is 3.25. The van der Waals surface area contributed by atoms with Gasteiger partial charge in [0.05, 0.1) is 39.2 Å². The topological polar surface area (TPSA) is 70.0 Å². The van der Waals surface area contributed by atoms with Gasteiger partial charge in [0.25, 0.3) is 0 Å². The monoisotopic (exact) mass is 333 g/mol. The fourth-order valence-corrected chi connectivity index (χ4v) is 2.19. The maximum absolute atomic E-state index is 9.57. The first-order valence-corrected chi connectivity index (χ1v) is 7.73. The highest BCUT2D eigenvalue weighted by molar-refractivity contribution is 5.67. The van der Waals surface area contributed by atoms with Crippen molar-refractivity contribution in [3.8, 4) is 22.8 Å². The second-order valence-electron chi connectivity index (χ2n) is 4.95. The van der Waals surface area contributed by atoms with Gasteiger partial charge in [0.1, 0.15) is 23.8 Å². The van der Waals surface area contributed by atoms with Crippen molar-refractivity contribution in [2.75, 3.05) is 40.6 Å². The third-order valence-corrected chi connectivity index (χ3v) is 3.38. The summed E-state index contributed by atoms with van der Waals surface area (Å²) in [4.78, 5) is 4.48. The van der Waals surface area contributed by atoms with Crippen molar-refractivity contribution in [3.63, 3.8) is 0 Å². The molecule has 24 heavy (non-hydrogen) atoms. The molecule has 0 aliphatic heterocycles. The lowest BCUT2D eigenvalue weighted by Crippen LogP contribution is -2.11. The lowest BCUT2D eigenvalue weighted by atomic mass is 10.1. The maximum Gasteiger partial charge on any atom is 0.143 e. The molecular weight excluding hydrogens is 310 g/mol. The number of benzene rings is 1. The highest BCUT2D eigenvalue weighted by Gasteiger charge is 2.11. The number of hydrogen-bond acceptors (Lipinski definition) is 6. The zero-order valence-electron chi connectivity index (χ0n) is 14.0. The number of aromatic nitrogens is 1. The molecule has 0 bridgehead atoms. The quantitative estimate of drug-likeness (QED) is 0.673. The number of aliphatic hydroxyl groups is 1. The fraction of sp³-hybridized carbons (Fsp3) is 0.389. The third-order valence-electron chi connectivity index (χ3n) is 3.38. The van der Waals surface area contributed by atoms with Crippen LogP contribution in [0, 0.1) is 0 Å². The predicted molar refractivity (Wildman–Crippen MR) is 90.3 cm³/mol. The summed E-state index contributed by atoms with van der Waals surface area (Å²) in [6.45, 7) is 1.70. The molecule has 2 aromatic rings. The number of pyridine rings is 1. The molecular formula is C18H23NO5. The number of ether oxygens (including phenoxy) is 4. The minimum Gasteiger partial charge on any atom is -0.496 e. The molecule has 130 valence electrons. The first-order valence-electron chi connectivity index (χ1n) is 7.73. The second-order valence-corrected chi connectivity index (χ2v) is 4.95. The molecule has 0 aliphatic carbocycles. The van der Waals surface area contributed by atoms with Gasteiger partial charge < -0.3 is 24.1 Å². The molecule has 6 heteroatoms. The molecule has 0 atom stereocenters. The van der Waals surface area contributed by atoms with Crippen molar-refractivity contribution in [3.05, 3.63) is 42.1 Å². The fourth-order valence-electron chi connectivity index (χ4n) is 2.19. The van der Waals surface area contributed by atoms with Crippen LogP contribution < -0.4 is 9.47 Å². The van der Waals surface area contributed by atoms with Gasteiger partial charge in [-0.2, -0.15) is 0 Å². The van der Waals surface area contributed by atoms with Crippen LogP contribution in [0.2, 0.25) is 0 Å². The van der Waals surface area contributed by atoms with Crippen LogP contribution in [0.1, 0.15) is 5.69 Å². The third kappa shape index (κ3) is 4.92. The molecule has 0 aliphatic rings. The molecule has 2 rings (SSSR count). The Balaban J connectivity index is 2.05. The smallest absolute Gasteiger partial charge is 0.143 e. The molecule has 1 aromatic heterocycles. The van der Waals surface area contributed by atoms with Crippen LogP contribution in [-0.4, -0.2) is 50.7 Å². The Hall–Kier alpha value is -2.15. The summed E-state index contributed by atoms with van der Waals surface area (Å²) >= 11 is 0. The van der Waals surface area contributed by atoms with Gasteiger partial charge in [-0.1, -0.05) is 12.1 Å². The van der Waals surface area contributed by atoms with E-state index in [1.807, 2.05) is 30.3 Å². The summed E-state index contributed by atoms with van der Waals surface area (Å²) in [5.41, 5.74) is 2.07. The molecule has 0 saturated heterocycles. The number of aliphatic hydroxyl groups excluding tert-OH is 1. The van der Waals surface area contributed by atoms with Crippen LogP contribution >= 0.6 is 0 Å². The molecule has 6 nitrogen and oxygen atoms in total. The summed E-state index contributed by atoms with van der Waals surface area (Å²) in [6.07, 6.45) is 0. The van der Waals surface area contributed by atoms with E-state index in [9.17, 15) is 5.11 Å². The first-order chi connectivity index (χ1) is 11.8. The lowest BCUT2D eigenvalue weighted by molar-refractivity contribution is 0.0539. The molecule has 1 aromatic carbocycles. The Bertz CT molecular complexity index is 633. The summed E-state index contributed by atoms with van der Waals surface area (Å²) in [5.74, 6) is 1.28. The van der Waals surface area contributed by atoms with Gasteiger partial charge in [-0.25, -0.2) is 4.98 Å². The Morgan fingerprint density at radius 3 is 2.46 bits per heavy atom. The zero-order valence-corrected chi connectivity index (χ0v) is 14.0. The second kappa shape index (κ2) is 9.87. The van der Waals surface area contributed by atoms with Gasteiger partial charge in [-0.15, -0.1) is 0 Å². The summed E-state index contributed by atoms with van der Waals surface area (Å²) in [5, 5.41) is 9.57. The lowest BCUT2D eigenvalue weighted by Gasteiger charge is -2.13. The van der Waals surface area contributed by atoms with Crippen LogP contribution in [0.3, 0.4) is 0 Å². The average molecular weight is 333 g/mol. The van der Waals surface area contributed by atoms with Crippen LogP contribution in [0.5, 0.6) is 11.5 Å². The van der Waals surface area contributed by atoms with E-state index in [-0.39, 0.29) is 6.61 Å². The van der Waals surface area contributed by atoms with Gasteiger partial charge in [-0.3, -0.25) is 0 Å². The average Bonchev–Trinajstić information content (AvgIpc) is 2.64. The van der Waals surface area contributed by atoms with Gasteiger partial charge in [-0.05, 0) is 24.3 Å². The van der Waals surface area contributed by atoms with Crippen LogP contribution in [0.4, 0.5) is 0 Å². The minimum atomic E-state index is -0.206. The zero-order chi connectivity index (χ0) is 17.2. The Labute approximate surface area is 142 Å². The summed E-state index contributed by atoms with van der Waals surface area (Å²) in [6, 6.07) is 11.3. The molecule has 0 amide bonds. The number of methoxy groups -OCH3 is 2. The van der Waals surface area contributed by atoms with E-state index in [2.05, 4.69) is 4.98 Å². The molecule has 1 heterocycles. The van der Waals surface area contributed by atoms with E-state index in [1.165, 1.54) is 0 Å².